The van der Waals surface area contributed by atoms with Crippen LogP contribution in [0.3, 0.4) is 0 Å². The minimum atomic E-state index is -4.34. The maximum absolute atomic E-state index is 13.0. The fourth-order valence-electron chi connectivity index (χ4n) is 1.74. The van der Waals surface area contributed by atoms with Crippen LogP contribution in [0.2, 0.25) is 0 Å². The molecule has 0 fully saturated rings. The van der Waals surface area contributed by atoms with Crippen molar-refractivity contribution in [3.63, 3.8) is 0 Å². The molecular formula is C13H19F3N4. The van der Waals surface area contributed by atoms with Gasteiger partial charge in [0.25, 0.3) is 0 Å². The highest BCUT2D eigenvalue weighted by atomic mass is 19.4. The fourth-order valence-corrected chi connectivity index (χ4v) is 1.74. The van der Waals surface area contributed by atoms with Gasteiger partial charge in [0.2, 0.25) is 0 Å². The van der Waals surface area contributed by atoms with Gasteiger partial charge < -0.3 is 16.4 Å². The van der Waals surface area contributed by atoms with Gasteiger partial charge in [0, 0.05) is 6.54 Å². The van der Waals surface area contributed by atoms with Crippen LogP contribution in [-0.2, 0) is 0 Å². The lowest BCUT2D eigenvalue weighted by atomic mass is 10.0. The van der Waals surface area contributed by atoms with Crippen LogP contribution in [0.4, 0.5) is 13.2 Å². The smallest absolute Gasteiger partial charge is 0.370 e. The Morgan fingerprint density at radius 1 is 1.25 bits per heavy atom. The van der Waals surface area contributed by atoms with E-state index in [0.717, 1.165) is 5.56 Å². The number of benzene rings is 1. The average molecular weight is 288 g/mol. The van der Waals surface area contributed by atoms with Gasteiger partial charge >= 0.3 is 6.18 Å². The van der Waals surface area contributed by atoms with Gasteiger partial charge in [0.05, 0.1) is 0 Å². The van der Waals surface area contributed by atoms with Crippen LogP contribution < -0.4 is 16.4 Å². The first-order valence-corrected chi connectivity index (χ1v) is 6.25. The molecule has 20 heavy (non-hydrogen) atoms. The molecule has 0 saturated heterocycles. The Kier molecular flexibility index (Phi) is 5.82. The third-order valence-electron chi connectivity index (χ3n) is 2.76. The molecule has 1 aromatic carbocycles. The minimum absolute atomic E-state index is 0.179. The Balaban J connectivity index is 2.58. The first-order chi connectivity index (χ1) is 9.30. The lowest BCUT2D eigenvalue weighted by molar-refractivity contribution is -0.157. The Labute approximate surface area is 116 Å². The zero-order chi connectivity index (χ0) is 15.2. The summed E-state index contributed by atoms with van der Waals surface area (Å²) in [6.45, 7) is 2.37. The van der Waals surface area contributed by atoms with Crippen molar-refractivity contribution in [1.29, 1.82) is 5.41 Å². The van der Waals surface area contributed by atoms with Crippen LogP contribution in [0.25, 0.3) is 0 Å². The molecule has 0 bridgehead atoms. The molecule has 4 nitrogen and oxygen atoms in total. The molecule has 0 aliphatic heterocycles. The van der Waals surface area contributed by atoms with Crippen molar-refractivity contribution >= 4 is 5.96 Å². The molecule has 0 aromatic heterocycles. The molecule has 1 atom stereocenters. The van der Waals surface area contributed by atoms with E-state index in [1.54, 1.807) is 12.1 Å². The summed E-state index contributed by atoms with van der Waals surface area (Å²) >= 11 is 0. The van der Waals surface area contributed by atoms with Crippen molar-refractivity contribution < 1.29 is 13.2 Å². The van der Waals surface area contributed by atoms with Crippen molar-refractivity contribution in [2.45, 2.75) is 25.6 Å². The zero-order valence-corrected chi connectivity index (χ0v) is 11.2. The van der Waals surface area contributed by atoms with Crippen molar-refractivity contribution in [3.05, 3.63) is 35.4 Å². The second-order valence-corrected chi connectivity index (χ2v) is 4.53. The molecule has 112 valence electrons. The molecule has 0 aliphatic rings. The van der Waals surface area contributed by atoms with Gasteiger partial charge in [-0.25, -0.2) is 0 Å². The first kappa shape index (κ1) is 16.3. The average Bonchev–Trinajstić information content (AvgIpc) is 2.33. The molecule has 0 spiro atoms. The normalized spacial score (nSPS) is 13.0. The van der Waals surface area contributed by atoms with Crippen LogP contribution in [0.15, 0.2) is 24.3 Å². The van der Waals surface area contributed by atoms with E-state index >= 15 is 0 Å². The van der Waals surface area contributed by atoms with Gasteiger partial charge in [-0.1, -0.05) is 29.8 Å². The predicted octanol–water partition coefficient (Wildman–Crippen LogP) is 2.06. The van der Waals surface area contributed by atoms with Gasteiger partial charge in [0.15, 0.2) is 5.96 Å². The third kappa shape index (κ3) is 5.48. The molecule has 0 amide bonds. The van der Waals surface area contributed by atoms with Crippen LogP contribution in [0.5, 0.6) is 0 Å². The van der Waals surface area contributed by atoms with Gasteiger partial charge in [-0.3, -0.25) is 5.41 Å². The summed E-state index contributed by atoms with van der Waals surface area (Å²) in [6.07, 6.45) is -3.90. The maximum atomic E-state index is 13.0. The Morgan fingerprint density at radius 3 is 2.35 bits per heavy atom. The van der Waals surface area contributed by atoms with Crippen LogP contribution in [0.1, 0.15) is 23.6 Å². The second kappa shape index (κ2) is 7.14. The third-order valence-corrected chi connectivity index (χ3v) is 2.76. The summed E-state index contributed by atoms with van der Waals surface area (Å²) < 4.78 is 39.0. The maximum Gasteiger partial charge on any atom is 0.407 e. The standard InChI is InChI=1S/C13H19F3N4/c1-9-3-5-10(6-4-9)11(13(14,15)16)19-7-2-8-20-12(17)18/h3-6,11,19H,2,7-8H2,1H3,(H4,17,18,20). The van der Waals surface area contributed by atoms with Gasteiger partial charge in [-0.05, 0) is 25.5 Å². The van der Waals surface area contributed by atoms with Crippen molar-refractivity contribution in [1.82, 2.24) is 10.6 Å². The summed E-state index contributed by atoms with van der Waals surface area (Å²) in [4.78, 5) is 0. The second-order valence-electron chi connectivity index (χ2n) is 4.53. The topological polar surface area (TPSA) is 73.9 Å². The summed E-state index contributed by atoms with van der Waals surface area (Å²) in [7, 11) is 0. The van der Waals surface area contributed by atoms with E-state index in [-0.39, 0.29) is 18.1 Å². The van der Waals surface area contributed by atoms with E-state index in [1.807, 2.05) is 6.92 Å². The number of aryl methyl sites for hydroxylation is 1. The van der Waals surface area contributed by atoms with Gasteiger partial charge in [0.1, 0.15) is 6.04 Å². The molecule has 1 aromatic rings. The van der Waals surface area contributed by atoms with E-state index in [0.29, 0.717) is 13.0 Å². The van der Waals surface area contributed by atoms with Crippen LogP contribution in [0, 0.1) is 12.3 Å². The quantitative estimate of drug-likeness (QED) is 0.368. The number of guanidine groups is 1. The molecule has 1 rings (SSSR count). The highest BCUT2D eigenvalue weighted by Gasteiger charge is 2.40. The highest BCUT2D eigenvalue weighted by molar-refractivity contribution is 5.74. The Morgan fingerprint density at radius 2 is 1.85 bits per heavy atom. The molecule has 0 radical (unpaired) electrons. The SMILES string of the molecule is Cc1ccc(C(NCCCNC(=N)N)C(F)(F)F)cc1. The Bertz CT molecular complexity index is 428. The molecule has 0 heterocycles. The molecule has 5 N–H and O–H groups in total. The van der Waals surface area contributed by atoms with Crippen LogP contribution in [-0.4, -0.2) is 25.2 Å². The summed E-state index contributed by atoms with van der Waals surface area (Å²) in [5.41, 5.74) is 6.19. The summed E-state index contributed by atoms with van der Waals surface area (Å²) in [5, 5.41) is 12.0. The lowest BCUT2D eigenvalue weighted by Gasteiger charge is -2.22. The number of hydrogen-bond acceptors (Lipinski definition) is 2. The van der Waals surface area contributed by atoms with Crippen molar-refractivity contribution in [2.24, 2.45) is 5.73 Å². The van der Waals surface area contributed by atoms with E-state index in [9.17, 15) is 13.2 Å². The van der Waals surface area contributed by atoms with Crippen molar-refractivity contribution in [3.8, 4) is 0 Å². The predicted molar refractivity (Wildman–Crippen MR) is 72.5 cm³/mol. The number of halogens is 3. The first-order valence-electron chi connectivity index (χ1n) is 6.25. The molecule has 1 unspecified atom stereocenters. The molecule has 0 saturated carbocycles. The van der Waals surface area contributed by atoms with Crippen molar-refractivity contribution in [2.75, 3.05) is 13.1 Å². The van der Waals surface area contributed by atoms with Gasteiger partial charge in [-0.15, -0.1) is 0 Å². The summed E-state index contributed by atoms with van der Waals surface area (Å²) in [5.74, 6) is -0.184. The number of hydrogen-bond donors (Lipinski definition) is 4. The monoisotopic (exact) mass is 288 g/mol. The van der Waals surface area contributed by atoms with Gasteiger partial charge in [-0.2, -0.15) is 13.2 Å². The number of nitrogens with two attached hydrogens (primary N) is 1. The fraction of sp³-hybridized carbons (Fsp3) is 0.462. The number of rotatable bonds is 6. The van der Waals surface area contributed by atoms with E-state index in [2.05, 4.69) is 10.6 Å². The van der Waals surface area contributed by atoms with E-state index in [4.69, 9.17) is 11.1 Å². The zero-order valence-electron chi connectivity index (χ0n) is 11.2. The summed E-state index contributed by atoms with van der Waals surface area (Å²) in [6, 6.07) is 4.60. The van der Waals surface area contributed by atoms with E-state index < -0.39 is 12.2 Å². The van der Waals surface area contributed by atoms with Crippen LogP contribution >= 0.6 is 0 Å². The minimum Gasteiger partial charge on any atom is -0.370 e. The number of nitrogens with one attached hydrogen (secondary N) is 3. The number of alkyl halides is 3. The largest absolute Gasteiger partial charge is 0.407 e. The molecule has 0 aliphatic carbocycles. The molecular weight excluding hydrogens is 269 g/mol. The van der Waals surface area contributed by atoms with E-state index in [1.165, 1.54) is 12.1 Å². The molecule has 7 heteroatoms. The Hall–Kier alpha value is -1.76. The highest BCUT2D eigenvalue weighted by Crippen LogP contribution is 2.32. The lowest BCUT2D eigenvalue weighted by Crippen LogP contribution is -2.37.